The summed E-state index contributed by atoms with van der Waals surface area (Å²) in [6, 6.07) is 0. The zero-order valence-corrected chi connectivity index (χ0v) is 10.4. The number of hydrogen-bond acceptors (Lipinski definition) is 6. The topological polar surface area (TPSA) is 96.2 Å². The third-order valence-corrected chi connectivity index (χ3v) is 2.97. The molecule has 0 saturated carbocycles. The predicted octanol–water partition coefficient (Wildman–Crippen LogP) is -0.349. The van der Waals surface area contributed by atoms with E-state index in [-0.39, 0.29) is 5.91 Å². The SMILES string of the molecule is CCc1c(NN)ncnc1N1CCCNC(=O)C1. The zero-order valence-electron chi connectivity index (χ0n) is 10.4. The van der Waals surface area contributed by atoms with Crippen LogP contribution in [0.1, 0.15) is 18.9 Å². The molecular weight excluding hydrogens is 232 g/mol. The number of nitrogens with zero attached hydrogens (tertiary/aromatic N) is 3. The van der Waals surface area contributed by atoms with E-state index in [0.29, 0.717) is 18.9 Å². The minimum atomic E-state index is 0.0235. The van der Waals surface area contributed by atoms with E-state index >= 15 is 0 Å². The summed E-state index contributed by atoms with van der Waals surface area (Å²) in [5.41, 5.74) is 3.51. The summed E-state index contributed by atoms with van der Waals surface area (Å²) < 4.78 is 0. The van der Waals surface area contributed by atoms with Gasteiger partial charge in [-0.05, 0) is 12.8 Å². The third kappa shape index (κ3) is 2.51. The van der Waals surface area contributed by atoms with Crippen molar-refractivity contribution >= 4 is 17.5 Å². The van der Waals surface area contributed by atoms with Crippen LogP contribution in [0.15, 0.2) is 6.33 Å². The van der Waals surface area contributed by atoms with E-state index in [9.17, 15) is 4.79 Å². The van der Waals surface area contributed by atoms with Gasteiger partial charge in [0.25, 0.3) is 0 Å². The van der Waals surface area contributed by atoms with E-state index in [2.05, 4.69) is 20.7 Å². The van der Waals surface area contributed by atoms with E-state index in [0.717, 1.165) is 30.8 Å². The Balaban J connectivity index is 2.33. The maximum Gasteiger partial charge on any atom is 0.239 e. The molecule has 1 aliphatic rings. The largest absolute Gasteiger partial charge is 0.354 e. The lowest BCUT2D eigenvalue weighted by atomic mass is 10.2. The highest BCUT2D eigenvalue weighted by Crippen LogP contribution is 2.23. The van der Waals surface area contributed by atoms with Crippen LogP contribution >= 0.6 is 0 Å². The fourth-order valence-corrected chi connectivity index (χ4v) is 2.11. The molecule has 1 aromatic rings. The highest BCUT2D eigenvalue weighted by Gasteiger charge is 2.20. The Bertz CT molecular complexity index is 436. The standard InChI is InChI=1S/C11H18N6O/c1-2-8-10(16-12)14-7-15-11(8)17-5-3-4-13-9(18)6-17/h7H,2-6,12H2,1H3,(H,13,18)(H,14,15,16). The maximum atomic E-state index is 11.6. The van der Waals surface area contributed by atoms with Gasteiger partial charge in [0.2, 0.25) is 5.91 Å². The number of hydrogen-bond donors (Lipinski definition) is 3. The van der Waals surface area contributed by atoms with Crippen LogP contribution in [0.3, 0.4) is 0 Å². The van der Waals surface area contributed by atoms with E-state index in [1.807, 2.05) is 11.8 Å². The molecule has 7 heteroatoms. The van der Waals surface area contributed by atoms with Gasteiger partial charge in [0, 0.05) is 18.7 Å². The van der Waals surface area contributed by atoms with Crippen LogP contribution in [0.2, 0.25) is 0 Å². The summed E-state index contributed by atoms with van der Waals surface area (Å²) in [5, 5.41) is 2.85. The van der Waals surface area contributed by atoms with Crippen molar-refractivity contribution in [3.63, 3.8) is 0 Å². The number of nitrogens with two attached hydrogens (primary N) is 1. The highest BCUT2D eigenvalue weighted by atomic mass is 16.2. The summed E-state index contributed by atoms with van der Waals surface area (Å²) in [4.78, 5) is 21.9. The van der Waals surface area contributed by atoms with Crippen LogP contribution in [0.4, 0.5) is 11.6 Å². The van der Waals surface area contributed by atoms with Crippen molar-refractivity contribution in [3.8, 4) is 0 Å². The molecule has 1 aliphatic heterocycles. The van der Waals surface area contributed by atoms with Crippen molar-refractivity contribution in [2.45, 2.75) is 19.8 Å². The monoisotopic (exact) mass is 250 g/mol. The molecule has 0 unspecified atom stereocenters. The Kier molecular flexibility index (Phi) is 3.93. The molecular formula is C11H18N6O. The Hall–Kier alpha value is -1.89. The van der Waals surface area contributed by atoms with Crippen molar-refractivity contribution in [1.29, 1.82) is 0 Å². The van der Waals surface area contributed by atoms with Gasteiger partial charge in [0.1, 0.15) is 18.0 Å². The Morgan fingerprint density at radius 3 is 3.11 bits per heavy atom. The van der Waals surface area contributed by atoms with E-state index < -0.39 is 0 Å². The summed E-state index contributed by atoms with van der Waals surface area (Å²) in [7, 11) is 0. The molecule has 1 aromatic heterocycles. The first-order chi connectivity index (χ1) is 8.76. The second-order valence-corrected chi connectivity index (χ2v) is 4.15. The molecule has 2 rings (SSSR count). The minimum absolute atomic E-state index is 0.0235. The fourth-order valence-electron chi connectivity index (χ4n) is 2.11. The van der Waals surface area contributed by atoms with Crippen LogP contribution in [-0.2, 0) is 11.2 Å². The molecule has 0 bridgehead atoms. The Labute approximate surface area is 106 Å². The lowest BCUT2D eigenvalue weighted by molar-refractivity contribution is -0.119. The van der Waals surface area contributed by atoms with Crippen molar-refractivity contribution in [1.82, 2.24) is 15.3 Å². The van der Waals surface area contributed by atoms with Gasteiger partial charge in [-0.1, -0.05) is 6.92 Å². The van der Waals surface area contributed by atoms with Gasteiger partial charge in [-0.2, -0.15) is 0 Å². The van der Waals surface area contributed by atoms with Crippen molar-refractivity contribution < 1.29 is 4.79 Å². The molecule has 0 aromatic carbocycles. The molecule has 1 saturated heterocycles. The molecule has 0 aliphatic carbocycles. The number of aromatic nitrogens is 2. The van der Waals surface area contributed by atoms with Crippen LogP contribution in [0, 0.1) is 0 Å². The van der Waals surface area contributed by atoms with Gasteiger partial charge in [0.05, 0.1) is 6.54 Å². The second-order valence-electron chi connectivity index (χ2n) is 4.15. The molecule has 2 heterocycles. The van der Waals surface area contributed by atoms with Crippen LogP contribution < -0.4 is 21.5 Å². The third-order valence-electron chi connectivity index (χ3n) is 2.97. The normalized spacial score (nSPS) is 16.1. The molecule has 1 amide bonds. The van der Waals surface area contributed by atoms with Crippen LogP contribution in [0.25, 0.3) is 0 Å². The average molecular weight is 250 g/mol. The second kappa shape index (κ2) is 5.63. The van der Waals surface area contributed by atoms with Gasteiger partial charge < -0.3 is 15.6 Å². The molecule has 98 valence electrons. The zero-order chi connectivity index (χ0) is 13.0. The first-order valence-electron chi connectivity index (χ1n) is 6.08. The Morgan fingerprint density at radius 2 is 2.39 bits per heavy atom. The fraction of sp³-hybridized carbons (Fsp3) is 0.545. The maximum absolute atomic E-state index is 11.6. The molecule has 1 fully saturated rings. The number of rotatable bonds is 3. The number of carbonyl (C=O) groups is 1. The number of nitrogens with one attached hydrogen (secondary N) is 2. The summed E-state index contributed by atoms with van der Waals surface area (Å²) >= 11 is 0. The molecule has 0 spiro atoms. The predicted molar refractivity (Wildman–Crippen MR) is 69.1 cm³/mol. The van der Waals surface area contributed by atoms with E-state index in [4.69, 9.17) is 5.84 Å². The number of amides is 1. The quantitative estimate of drug-likeness (QED) is 0.501. The average Bonchev–Trinajstić information content (AvgIpc) is 2.62. The van der Waals surface area contributed by atoms with Gasteiger partial charge in [0.15, 0.2) is 0 Å². The summed E-state index contributed by atoms with van der Waals surface area (Å²) in [6.07, 6.45) is 3.13. The Morgan fingerprint density at radius 1 is 1.56 bits per heavy atom. The summed E-state index contributed by atoms with van der Waals surface area (Å²) in [6.45, 7) is 3.85. The lowest BCUT2D eigenvalue weighted by Crippen LogP contribution is -2.34. The first kappa shape index (κ1) is 12.6. The molecule has 18 heavy (non-hydrogen) atoms. The smallest absolute Gasteiger partial charge is 0.239 e. The highest BCUT2D eigenvalue weighted by molar-refractivity contribution is 5.82. The van der Waals surface area contributed by atoms with Gasteiger partial charge in [-0.15, -0.1) is 0 Å². The van der Waals surface area contributed by atoms with E-state index in [1.165, 1.54) is 6.33 Å². The number of hydrazine groups is 1. The van der Waals surface area contributed by atoms with Crippen LogP contribution in [0.5, 0.6) is 0 Å². The lowest BCUT2D eigenvalue weighted by Gasteiger charge is -2.23. The van der Waals surface area contributed by atoms with Crippen molar-refractivity contribution in [2.75, 3.05) is 30.0 Å². The molecule has 0 atom stereocenters. The van der Waals surface area contributed by atoms with Crippen LogP contribution in [-0.4, -0.2) is 35.5 Å². The van der Waals surface area contributed by atoms with Gasteiger partial charge in [-0.3, -0.25) is 4.79 Å². The van der Waals surface area contributed by atoms with Gasteiger partial charge >= 0.3 is 0 Å². The molecule has 0 radical (unpaired) electrons. The number of anilines is 2. The van der Waals surface area contributed by atoms with E-state index in [1.54, 1.807) is 0 Å². The number of carbonyl (C=O) groups excluding carboxylic acids is 1. The van der Waals surface area contributed by atoms with Crippen molar-refractivity contribution in [3.05, 3.63) is 11.9 Å². The molecule has 7 nitrogen and oxygen atoms in total. The number of nitrogen functional groups attached to an aromatic ring is 1. The van der Waals surface area contributed by atoms with Gasteiger partial charge in [-0.25, -0.2) is 15.8 Å². The van der Waals surface area contributed by atoms with Crippen molar-refractivity contribution in [2.24, 2.45) is 5.84 Å². The minimum Gasteiger partial charge on any atom is -0.354 e. The molecule has 4 N–H and O–H groups in total. The summed E-state index contributed by atoms with van der Waals surface area (Å²) in [5.74, 6) is 6.88. The first-order valence-corrected chi connectivity index (χ1v) is 6.08.